The maximum absolute atomic E-state index is 12.0. The van der Waals surface area contributed by atoms with Crippen LogP contribution in [0.15, 0.2) is 6.07 Å². The number of phenols is 1. The van der Waals surface area contributed by atoms with E-state index in [1.165, 1.54) is 0 Å². The highest BCUT2D eigenvalue weighted by Gasteiger charge is 2.52. The van der Waals surface area contributed by atoms with E-state index in [4.69, 9.17) is 4.74 Å². The third kappa shape index (κ3) is 3.32. The highest BCUT2D eigenvalue weighted by atomic mass is 16.5. The molecule has 27 heavy (non-hydrogen) atoms. The number of aryl methyl sites for hydroxylation is 1. The number of ether oxygens (including phenoxy) is 1. The van der Waals surface area contributed by atoms with E-state index in [0.29, 0.717) is 35.5 Å². The number of carbonyl (C=O) groups is 1. The minimum atomic E-state index is -1.04. The standard InChI is InChI=1S/C23H34O4/c1-6-7-8-9-15-12-17-20(21(24)19(15)22(25)26)18(13(2)3)16-10-11-23(5,27-17)14(16)4/h12-14,16,18,24H,6-11H2,1-5H3,(H,25,26)/t14?,16-,18?,23+/m0/s1. The van der Waals surface area contributed by atoms with Crippen LogP contribution < -0.4 is 4.74 Å². The van der Waals surface area contributed by atoms with Crippen molar-refractivity contribution in [3.63, 3.8) is 0 Å². The molecule has 0 amide bonds. The molecule has 4 atom stereocenters. The summed E-state index contributed by atoms with van der Waals surface area (Å²) in [6.07, 6.45) is 5.75. The molecule has 1 heterocycles. The van der Waals surface area contributed by atoms with Gasteiger partial charge in [-0.15, -0.1) is 0 Å². The van der Waals surface area contributed by atoms with E-state index in [1.54, 1.807) is 0 Å². The van der Waals surface area contributed by atoms with Gasteiger partial charge < -0.3 is 14.9 Å². The van der Waals surface area contributed by atoms with Crippen molar-refractivity contribution in [2.24, 2.45) is 17.8 Å². The Hall–Kier alpha value is -1.71. The molecule has 3 rings (SSSR count). The van der Waals surface area contributed by atoms with Crippen LogP contribution in [0.3, 0.4) is 0 Å². The van der Waals surface area contributed by atoms with E-state index < -0.39 is 5.97 Å². The van der Waals surface area contributed by atoms with Crippen molar-refractivity contribution in [1.82, 2.24) is 0 Å². The van der Waals surface area contributed by atoms with Gasteiger partial charge in [-0.2, -0.15) is 0 Å². The van der Waals surface area contributed by atoms with Crippen molar-refractivity contribution in [2.45, 2.75) is 84.7 Å². The third-order valence-electron chi connectivity index (χ3n) is 7.08. The molecule has 150 valence electrons. The molecule has 0 radical (unpaired) electrons. The van der Waals surface area contributed by atoms with Crippen LogP contribution in [0.1, 0.15) is 94.1 Å². The molecule has 0 spiro atoms. The van der Waals surface area contributed by atoms with Gasteiger partial charge in [-0.05, 0) is 67.9 Å². The minimum Gasteiger partial charge on any atom is -0.507 e. The summed E-state index contributed by atoms with van der Waals surface area (Å²) < 4.78 is 6.54. The van der Waals surface area contributed by atoms with Crippen LogP contribution in [-0.4, -0.2) is 21.8 Å². The van der Waals surface area contributed by atoms with Gasteiger partial charge in [0.1, 0.15) is 22.7 Å². The summed E-state index contributed by atoms with van der Waals surface area (Å²) in [4.78, 5) is 12.0. The molecule has 4 heteroatoms. The summed E-state index contributed by atoms with van der Waals surface area (Å²) in [6.45, 7) is 10.9. The van der Waals surface area contributed by atoms with Crippen molar-refractivity contribution < 1.29 is 19.7 Å². The van der Waals surface area contributed by atoms with Gasteiger partial charge in [-0.1, -0.05) is 40.5 Å². The Balaban J connectivity index is 2.19. The zero-order chi connectivity index (χ0) is 19.9. The second kappa shape index (κ2) is 7.37. The number of unbranched alkanes of at least 4 members (excludes halogenated alkanes) is 2. The zero-order valence-corrected chi connectivity index (χ0v) is 17.3. The van der Waals surface area contributed by atoms with Crippen LogP contribution in [-0.2, 0) is 6.42 Å². The van der Waals surface area contributed by atoms with Gasteiger partial charge >= 0.3 is 5.97 Å². The lowest BCUT2D eigenvalue weighted by Crippen LogP contribution is -2.36. The van der Waals surface area contributed by atoms with Crippen molar-refractivity contribution in [3.05, 3.63) is 22.8 Å². The molecule has 1 aromatic carbocycles. The molecular formula is C23H34O4. The molecule has 0 saturated heterocycles. The lowest BCUT2D eigenvalue weighted by atomic mass is 9.72. The van der Waals surface area contributed by atoms with E-state index >= 15 is 0 Å². The number of rotatable bonds is 6. The molecule has 4 nitrogen and oxygen atoms in total. The third-order valence-corrected chi connectivity index (χ3v) is 7.08. The van der Waals surface area contributed by atoms with Crippen LogP contribution in [0.5, 0.6) is 11.5 Å². The predicted octanol–water partition coefficient (Wildman–Crippen LogP) is 5.76. The number of carboxylic acid groups (broad SMARTS) is 1. The molecule has 2 unspecified atom stereocenters. The molecule has 2 aliphatic rings. The normalized spacial score (nSPS) is 29.3. The number of aromatic carboxylic acids is 1. The van der Waals surface area contributed by atoms with Crippen molar-refractivity contribution in [3.8, 4) is 11.5 Å². The van der Waals surface area contributed by atoms with E-state index in [-0.39, 0.29) is 22.8 Å². The molecule has 0 aromatic heterocycles. The number of aromatic hydroxyl groups is 1. The molecule has 1 aliphatic carbocycles. The van der Waals surface area contributed by atoms with Crippen molar-refractivity contribution in [1.29, 1.82) is 0 Å². The number of hydrogen-bond acceptors (Lipinski definition) is 3. The topological polar surface area (TPSA) is 66.8 Å². The summed E-state index contributed by atoms with van der Waals surface area (Å²) in [5.41, 5.74) is 1.25. The summed E-state index contributed by atoms with van der Waals surface area (Å²) in [5, 5.41) is 21.0. The first kappa shape index (κ1) is 20.0. The van der Waals surface area contributed by atoms with E-state index in [0.717, 1.165) is 37.7 Å². The molecule has 1 fully saturated rings. The molecular weight excluding hydrogens is 340 g/mol. The first-order chi connectivity index (χ1) is 12.7. The maximum Gasteiger partial charge on any atom is 0.339 e. The van der Waals surface area contributed by atoms with Gasteiger partial charge in [0.2, 0.25) is 0 Å². The van der Waals surface area contributed by atoms with Crippen molar-refractivity contribution >= 4 is 5.97 Å². The quantitative estimate of drug-likeness (QED) is 0.621. The second-order valence-corrected chi connectivity index (χ2v) is 9.11. The van der Waals surface area contributed by atoms with Crippen LogP contribution in [0, 0.1) is 17.8 Å². The smallest absolute Gasteiger partial charge is 0.339 e. The number of benzene rings is 1. The lowest BCUT2D eigenvalue weighted by molar-refractivity contribution is 0.0494. The van der Waals surface area contributed by atoms with Gasteiger partial charge in [0.25, 0.3) is 0 Å². The Kier molecular flexibility index (Phi) is 5.47. The Morgan fingerprint density at radius 3 is 2.67 bits per heavy atom. The summed E-state index contributed by atoms with van der Waals surface area (Å²) in [5.74, 6) is 0.787. The Morgan fingerprint density at radius 2 is 2.07 bits per heavy atom. The number of fused-ring (bicyclic) bond motifs is 3. The molecule has 1 saturated carbocycles. The van der Waals surface area contributed by atoms with Gasteiger partial charge in [-0.25, -0.2) is 4.79 Å². The number of hydrogen-bond donors (Lipinski definition) is 2. The zero-order valence-electron chi connectivity index (χ0n) is 17.3. The van der Waals surface area contributed by atoms with Gasteiger partial charge in [0, 0.05) is 5.56 Å². The largest absolute Gasteiger partial charge is 0.507 e. The Morgan fingerprint density at radius 1 is 1.37 bits per heavy atom. The summed E-state index contributed by atoms with van der Waals surface area (Å²) in [6, 6.07) is 1.92. The Bertz CT molecular complexity index is 724. The van der Waals surface area contributed by atoms with Crippen LogP contribution in [0.2, 0.25) is 0 Å². The van der Waals surface area contributed by atoms with Crippen LogP contribution in [0.4, 0.5) is 0 Å². The predicted molar refractivity (Wildman–Crippen MR) is 107 cm³/mol. The fraction of sp³-hybridized carbons (Fsp3) is 0.696. The highest BCUT2D eigenvalue weighted by molar-refractivity contribution is 5.94. The van der Waals surface area contributed by atoms with Gasteiger partial charge in [-0.3, -0.25) is 0 Å². The lowest BCUT2D eigenvalue weighted by Gasteiger charge is -2.31. The van der Waals surface area contributed by atoms with Crippen LogP contribution >= 0.6 is 0 Å². The highest BCUT2D eigenvalue weighted by Crippen LogP contribution is 2.58. The summed E-state index contributed by atoms with van der Waals surface area (Å²) >= 11 is 0. The Labute approximate surface area is 162 Å². The molecule has 2 N–H and O–H groups in total. The number of carboxylic acids is 1. The molecule has 2 bridgehead atoms. The second-order valence-electron chi connectivity index (χ2n) is 9.11. The molecule has 1 aliphatic heterocycles. The average molecular weight is 375 g/mol. The SMILES string of the molecule is CCCCCc1cc2c(c(O)c1C(=O)O)C(C(C)C)[C@H]1CC[C@@](C)(O2)C1C. The van der Waals surface area contributed by atoms with E-state index in [9.17, 15) is 15.0 Å². The van der Waals surface area contributed by atoms with Crippen LogP contribution in [0.25, 0.3) is 0 Å². The summed E-state index contributed by atoms with van der Waals surface area (Å²) in [7, 11) is 0. The first-order valence-corrected chi connectivity index (χ1v) is 10.5. The fourth-order valence-electron chi connectivity index (χ4n) is 5.43. The fourth-order valence-corrected chi connectivity index (χ4v) is 5.43. The minimum absolute atomic E-state index is 0.0615. The van der Waals surface area contributed by atoms with Gasteiger partial charge in [0.15, 0.2) is 0 Å². The molecule has 1 aromatic rings. The van der Waals surface area contributed by atoms with E-state index in [2.05, 4.69) is 34.6 Å². The maximum atomic E-state index is 12.0. The monoisotopic (exact) mass is 374 g/mol. The average Bonchev–Trinajstić information content (AvgIpc) is 2.79. The first-order valence-electron chi connectivity index (χ1n) is 10.5. The van der Waals surface area contributed by atoms with Gasteiger partial charge in [0.05, 0.1) is 0 Å². The van der Waals surface area contributed by atoms with Crippen molar-refractivity contribution in [2.75, 3.05) is 0 Å². The van der Waals surface area contributed by atoms with E-state index in [1.807, 2.05) is 6.07 Å².